The van der Waals surface area contributed by atoms with Gasteiger partial charge >= 0.3 is 280 Å². The maximum absolute atomic E-state index is 14.0. The van der Waals surface area contributed by atoms with Crippen molar-refractivity contribution in [1.82, 2.24) is 14.0 Å². The summed E-state index contributed by atoms with van der Waals surface area (Å²) < 4.78 is 44.6. The van der Waals surface area contributed by atoms with Gasteiger partial charge in [-0.05, 0) is 0 Å². The minimum absolute atomic E-state index is 0.192. The van der Waals surface area contributed by atoms with Crippen LogP contribution in [-0.4, -0.2) is 89.1 Å². The van der Waals surface area contributed by atoms with Crippen molar-refractivity contribution in [2.24, 2.45) is 0 Å². The summed E-state index contributed by atoms with van der Waals surface area (Å²) in [7, 11) is 0. The fourth-order valence-electron chi connectivity index (χ4n) is 8.05. The van der Waals surface area contributed by atoms with E-state index in [9.17, 15) is 28.8 Å². The first-order valence-electron chi connectivity index (χ1n) is 15.2. The van der Waals surface area contributed by atoms with E-state index in [-0.39, 0.29) is 15.9 Å². The first-order chi connectivity index (χ1) is 23.5. The predicted octanol–water partition coefficient (Wildman–Crippen LogP) is 2.33. The number of rotatable bonds is 6. The second-order valence-electron chi connectivity index (χ2n) is 12.1. The fourth-order valence-corrected chi connectivity index (χ4v) is 65.5. The number of carbonyl (C=O) groups is 6. The van der Waals surface area contributed by atoms with E-state index < -0.39 is 103 Å². The zero-order chi connectivity index (χ0) is 33.9. The van der Waals surface area contributed by atoms with E-state index in [2.05, 4.69) is 0 Å². The molecule has 6 heterocycles. The zero-order valence-corrected chi connectivity index (χ0v) is 29.0. The van der Waals surface area contributed by atoms with Crippen molar-refractivity contribution in [2.75, 3.05) is 39.3 Å². The second-order valence-corrected chi connectivity index (χ2v) is 35.0. The Morgan fingerprint density at radius 1 is 0.367 bits per heavy atom. The van der Waals surface area contributed by atoms with Gasteiger partial charge < -0.3 is 0 Å². The van der Waals surface area contributed by atoms with Gasteiger partial charge in [-0.1, -0.05) is 0 Å². The molecule has 254 valence electrons. The number of hydrogen-bond acceptors (Lipinski definition) is 15. The molecular formula is C30H27N3O12P4. The van der Waals surface area contributed by atoms with Gasteiger partial charge in [-0.2, -0.15) is 0 Å². The molecule has 0 amide bonds. The van der Waals surface area contributed by atoms with Crippen molar-refractivity contribution >= 4 is 79.4 Å². The van der Waals surface area contributed by atoms with Crippen LogP contribution in [0.4, 0.5) is 0 Å². The summed E-state index contributed by atoms with van der Waals surface area (Å²) >= 11 is 0. The van der Waals surface area contributed by atoms with E-state index in [1.807, 2.05) is 0 Å². The minimum atomic E-state index is -5.66. The van der Waals surface area contributed by atoms with E-state index >= 15 is 0 Å². The van der Waals surface area contributed by atoms with E-state index in [4.69, 9.17) is 27.1 Å². The third kappa shape index (κ3) is 3.37. The summed E-state index contributed by atoms with van der Waals surface area (Å²) in [5.41, 5.74) is 0. The molecule has 0 N–H and O–H groups in total. The number of carbonyl (C=O) groups excluding carboxylic acids is 6. The number of hydrogen-bond donors (Lipinski definition) is 0. The maximum atomic E-state index is 14.0. The van der Waals surface area contributed by atoms with Gasteiger partial charge in [0.25, 0.3) is 0 Å². The van der Waals surface area contributed by atoms with E-state index in [1.54, 1.807) is 91.0 Å². The molecule has 0 saturated carbocycles. The Morgan fingerprint density at radius 3 is 0.776 bits per heavy atom. The molecule has 0 aromatic heterocycles. The number of fused-ring (bicyclic) bond motifs is 3. The van der Waals surface area contributed by atoms with Gasteiger partial charge in [0, 0.05) is 0 Å². The van der Waals surface area contributed by atoms with Gasteiger partial charge in [-0.25, -0.2) is 0 Å². The van der Waals surface area contributed by atoms with Crippen molar-refractivity contribution in [1.29, 1.82) is 0 Å². The molecule has 0 radical (unpaired) electrons. The molecule has 0 aliphatic carbocycles. The molecule has 3 aromatic rings. The van der Waals surface area contributed by atoms with Crippen molar-refractivity contribution in [3.63, 3.8) is 0 Å². The quantitative estimate of drug-likeness (QED) is 0.337. The van der Waals surface area contributed by atoms with Gasteiger partial charge in [-0.3, -0.25) is 0 Å². The molecule has 0 spiro atoms. The van der Waals surface area contributed by atoms with Crippen molar-refractivity contribution in [3.8, 4) is 0 Å². The van der Waals surface area contributed by atoms with Crippen LogP contribution in [0.5, 0.6) is 0 Å². The third-order valence-electron chi connectivity index (χ3n) is 9.50. The molecule has 0 atom stereocenters. The molecule has 6 fully saturated rings. The SMILES string of the molecule is O=C1CN2CC(=O)OP2(c2ccccc2)(P(P23(c4ccccc4)OC(=O)CN2CC(=O)O3)P23(c4ccccc4)OC(=O)CN2CC(=O)O3)O1. The molecule has 6 aliphatic rings. The Balaban J connectivity index is 1.60. The van der Waals surface area contributed by atoms with Crippen LogP contribution in [0.25, 0.3) is 0 Å². The van der Waals surface area contributed by atoms with Gasteiger partial charge in [0.15, 0.2) is 0 Å². The van der Waals surface area contributed by atoms with E-state index in [0.29, 0.717) is 0 Å². The summed E-state index contributed by atoms with van der Waals surface area (Å²) in [5.74, 6) is -4.74. The normalized spacial score (nSPS) is 29.8. The average molecular weight is 745 g/mol. The zero-order valence-electron chi connectivity index (χ0n) is 25.4. The number of benzene rings is 3. The predicted molar refractivity (Wildman–Crippen MR) is 177 cm³/mol. The summed E-state index contributed by atoms with van der Waals surface area (Å²) in [5, 5.41) is 0.577. The molecule has 0 bridgehead atoms. The first-order valence-corrected chi connectivity index (χ1v) is 24.7. The molecule has 9 rings (SSSR count). The number of nitrogens with zero attached hydrogens (tertiary/aromatic N) is 3. The molecule has 6 aliphatic heterocycles. The Labute approximate surface area is 279 Å². The van der Waals surface area contributed by atoms with Crippen molar-refractivity contribution in [3.05, 3.63) is 91.0 Å². The van der Waals surface area contributed by atoms with Crippen molar-refractivity contribution in [2.45, 2.75) is 0 Å². The summed E-state index contributed by atoms with van der Waals surface area (Å²) in [4.78, 5) is 83.8. The molecular weight excluding hydrogens is 718 g/mol. The molecule has 19 heteroatoms. The van der Waals surface area contributed by atoms with Crippen LogP contribution in [0, 0.1) is 0 Å². The monoisotopic (exact) mass is 745 g/mol. The Hall–Kier alpha value is -3.92. The fraction of sp³-hybridized carbons (Fsp3) is 0.200. The standard InChI is InChI=1S/C30H27N3O12P4/c34-25-16-31-17-26(35)41-47(31,40-25,22-10-4-1-5-11-22)46(48(23-12-6-2-7-13-23)32(18-27(36)42-48)19-28(37)43-48)49(24-14-8-3-9-15-24)33(20-29(38)44-49)21-30(39)45-49/h1-15H,16-21H2. The van der Waals surface area contributed by atoms with Gasteiger partial charge in [-0.15, -0.1) is 0 Å². The van der Waals surface area contributed by atoms with Gasteiger partial charge in [0.2, 0.25) is 0 Å². The third-order valence-corrected chi connectivity index (χ3v) is 50.5. The topological polar surface area (TPSA) is 168 Å². The summed E-state index contributed by atoms with van der Waals surface area (Å²) in [6, 6.07) is 24.7. The van der Waals surface area contributed by atoms with Crippen LogP contribution >= 0.6 is 27.7 Å². The summed E-state index contributed by atoms with van der Waals surface area (Å²) in [6.45, 7) is -22.9. The van der Waals surface area contributed by atoms with Gasteiger partial charge in [0.05, 0.1) is 0 Å². The Bertz CT molecular complexity index is 1760. The average Bonchev–Trinajstić information content (AvgIpc) is 3.83. The second kappa shape index (κ2) is 9.65. The Morgan fingerprint density at radius 2 is 0.571 bits per heavy atom. The summed E-state index contributed by atoms with van der Waals surface area (Å²) in [6.07, 6.45) is 0. The van der Waals surface area contributed by atoms with E-state index in [1.165, 1.54) is 14.0 Å². The van der Waals surface area contributed by atoms with Crippen LogP contribution in [0.15, 0.2) is 91.0 Å². The van der Waals surface area contributed by atoms with Crippen LogP contribution < -0.4 is 15.9 Å². The molecule has 49 heavy (non-hydrogen) atoms. The van der Waals surface area contributed by atoms with Crippen LogP contribution in [0.3, 0.4) is 0 Å². The van der Waals surface area contributed by atoms with E-state index in [0.717, 1.165) is 0 Å². The van der Waals surface area contributed by atoms with Crippen LogP contribution in [0.2, 0.25) is 0 Å². The molecule has 6 saturated heterocycles. The first kappa shape index (κ1) is 31.1. The Kier molecular flexibility index (Phi) is 6.12. The van der Waals surface area contributed by atoms with Crippen molar-refractivity contribution < 1.29 is 55.9 Å². The molecule has 15 nitrogen and oxygen atoms in total. The van der Waals surface area contributed by atoms with Crippen LogP contribution in [-0.2, 0) is 55.9 Å². The molecule has 0 unspecified atom stereocenters. The van der Waals surface area contributed by atoms with Gasteiger partial charge in [0.1, 0.15) is 0 Å². The molecule has 3 aromatic carbocycles. The van der Waals surface area contributed by atoms with Crippen LogP contribution in [0.1, 0.15) is 0 Å².